The SMILES string of the molecule is C[C@H]([C@H]1CC[C@@H]2[C@H]3CC=C4C[C@@H](N(C)C)CC[C@]4(C)[C@H]3CC[C@@]21CO)N(C)C. The van der Waals surface area contributed by atoms with Gasteiger partial charge in [0.2, 0.25) is 0 Å². The summed E-state index contributed by atoms with van der Waals surface area (Å²) in [5.74, 6) is 3.02. The maximum atomic E-state index is 10.7. The number of rotatable bonds is 4. The molecule has 0 heterocycles. The van der Waals surface area contributed by atoms with Gasteiger partial charge in [-0.05, 0) is 116 Å². The van der Waals surface area contributed by atoms with Crippen LogP contribution in [-0.4, -0.2) is 61.8 Å². The number of nitrogens with zero attached hydrogens (tertiary/aromatic N) is 2. The lowest BCUT2D eigenvalue weighted by atomic mass is 9.46. The Kier molecular flexibility index (Phi) is 5.51. The van der Waals surface area contributed by atoms with E-state index in [1.165, 1.54) is 51.4 Å². The van der Waals surface area contributed by atoms with E-state index in [-0.39, 0.29) is 5.41 Å². The second-order valence-corrected chi connectivity index (χ2v) is 11.4. The molecule has 0 aliphatic heterocycles. The minimum absolute atomic E-state index is 0.174. The summed E-state index contributed by atoms with van der Waals surface area (Å²) in [6, 6.07) is 1.29. The number of fused-ring (bicyclic) bond motifs is 5. The van der Waals surface area contributed by atoms with Crippen molar-refractivity contribution in [1.29, 1.82) is 0 Å². The van der Waals surface area contributed by atoms with E-state index in [9.17, 15) is 5.11 Å². The van der Waals surface area contributed by atoms with Crippen LogP contribution >= 0.6 is 0 Å². The summed E-state index contributed by atoms with van der Waals surface area (Å²) in [4.78, 5) is 4.83. The van der Waals surface area contributed by atoms with E-state index in [1.807, 2.05) is 0 Å². The predicted octanol–water partition coefficient (Wildman–Crippen LogP) is 4.42. The maximum absolute atomic E-state index is 10.7. The van der Waals surface area contributed by atoms with Crippen molar-refractivity contribution >= 4 is 0 Å². The van der Waals surface area contributed by atoms with E-state index < -0.39 is 0 Å². The predicted molar refractivity (Wildman–Crippen MR) is 117 cm³/mol. The first-order chi connectivity index (χ1) is 13.2. The molecule has 4 aliphatic carbocycles. The Morgan fingerprint density at radius 3 is 2.46 bits per heavy atom. The van der Waals surface area contributed by atoms with Gasteiger partial charge in [0.25, 0.3) is 0 Å². The minimum Gasteiger partial charge on any atom is -0.396 e. The van der Waals surface area contributed by atoms with E-state index in [0.29, 0.717) is 24.0 Å². The molecule has 0 bridgehead atoms. The Bertz CT molecular complexity index is 614. The Morgan fingerprint density at radius 1 is 1.07 bits per heavy atom. The molecule has 3 saturated carbocycles. The quantitative estimate of drug-likeness (QED) is 0.722. The molecule has 0 unspecified atom stereocenters. The Labute approximate surface area is 173 Å². The van der Waals surface area contributed by atoms with Crippen molar-refractivity contribution in [3.05, 3.63) is 11.6 Å². The monoisotopic (exact) mass is 388 g/mol. The number of aliphatic hydroxyl groups is 1. The second kappa shape index (κ2) is 7.39. The standard InChI is InChI=1S/C25H44N2O/c1-17(26(3)4)21-9-10-23-20-8-7-18-15-19(27(5)6)11-13-24(18,2)22(20)12-14-25(21,23)16-28/h7,17,19-23,28H,8-16H2,1-6H3/t17-,19+,20+,21-,22+,23-,24+,25+/m1/s1. The van der Waals surface area contributed by atoms with Gasteiger partial charge >= 0.3 is 0 Å². The lowest BCUT2D eigenvalue weighted by molar-refractivity contribution is -0.0892. The average molecular weight is 389 g/mol. The number of hydrogen-bond acceptors (Lipinski definition) is 3. The third kappa shape index (κ3) is 2.94. The Hall–Kier alpha value is -0.380. The molecule has 3 fully saturated rings. The summed E-state index contributed by atoms with van der Waals surface area (Å²) in [7, 11) is 8.93. The van der Waals surface area contributed by atoms with Gasteiger partial charge in [0.05, 0.1) is 0 Å². The molecule has 0 amide bonds. The summed E-state index contributed by atoms with van der Waals surface area (Å²) in [6.07, 6.45) is 13.1. The molecule has 160 valence electrons. The van der Waals surface area contributed by atoms with Crippen LogP contribution in [0.1, 0.15) is 65.2 Å². The highest BCUT2D eigenvalue weighted by molar-refractivity contribution is 5.26. The largest absolute Gasteiger partial charge is 0.396 e. The van der Waals surface area contributed by atoms with Gasteiger partial charge < -0.3 is 14.9 Å². The molecule has 3 heteroatoms. The topological polar surface area (TPSA) is 26.7 Å². The highest BCUT2D eigenvalue weighted by Crippen LogP contribution is 2.66. The summed E-state index contributed by atoms with van der Waals surface area (Å²) in [6.45, 7) is 5.39. The van der Waals surface area contributed by atoms with E-state index in [0.717, 1.165) is 23.8 Å². The summed E-state index contributed by atoms with van der Waals surface area (Å²) >= 11 is 0. The molecule has 0 aromatic heterocycles. The van der Waals surface area contributed by atoms with Crippen molar-refractivity contribution in [1.82, 2.24) is 9.80 Å². The van der Waals surface area contributed by atoms with E-state index in [4.69, 9.17) is 0 Å². The number of allylic oxidation sites excluding steroid dienone is 1. The molecule has 0 aromatic rings. The van der Waals surface area contributed by atoms with Gasteiger partial charge in [0.15, 0.2) is 0 Å². The third-order valence-corrected chi connectivity index (χ3v) is 10.3. The molecule has 4 rings (SSSR count). The molecular formula is C25H44N2O. The van der Waals surface area contributed by atoms with Crippen LogP contribution in [0.25, 0.3) is 0 Å². The van der Waals surface area contributed by atoms with Crippen LogP contribution in [0.15, 0.2) is 11.6 Å². The zero-order chi connectivity index (χ0) is 20.3. The van der Waals surface area contributed by atoms with E-state index in [1.54, 1.807) is 5.57 Å². The highest BCUT2D eigenvalue weighted by atomic mass is 16.3. The van der Waals surface area contributed by atoms with Crippen LogP contribution in [-0.2, 0) is 0 Å². The third-order valence-electron chi connectivity index (χ3n) is 10.3. The van der Waals surface area contributed by atoms with Crippen LogP contribution < -0.4 is 0 Å². The fourth-order valence-electron chi connectivity index (χ4n) is 8.33. The molecule has 8 atom stereocenters. The molecule has 3 nitrogen and oxygen atoms in total. The molecular weight excluding hydrogens is 344 g/mol. The van der Waals surface area contributed by atoms with Crippen molar-refractivity contribution in [2.75, 3.05) is 34.8 Å². The zero-order valence-corrected chi connectivity index (χ0v) is 19.2. The minimum atomic E-state index is 0.174. The van der Waals surface area contributed by atoms with Gasteiger partial charge in [-0.2, -0.15) is 0 Å². The fourth-order valence-corrected chi connectivity index (χ4v) is 8.33. The van der Waals surface area contributed by atoms with Crippen molar-refractivity contribution in [2.24, 2.45) is 34.5 Å². The van der Waals surface area contributed by atoms with E-state index >= 15 is 0 Å². The number of aliphatic hydroxyl groups excluding tert-OH is 1. The van der Waals surface area contributed by atoms with E-state index in [2.05, 4.69) is 57.9 Å². The first-order valence-corrected chi connectivity index (χ1v) is 11.9. The molecule has 4 aliphatic rings. The fraction of sp³-hybridized carbons (Fsp3) is 0.920. The second-order valence-electron chi connectivity index (χ2n) is 11.4. The zero-order valence-electron chi connectivity index (χ0n) is 19.2. The summed E-state index contributed by atoms with van der Waals surface area (Å²) in [5.41, 5.74) is 2.36. The molecule has 0 radical (unpaired) electrons. The molecule has 0 spiro atoms. The van der Waals surface area contributed by atoms with Crippen LogP contribution in [0.5, 0.6) is 0 Å². The Morgan fingerprint density at radius 2 is 1.82 bits per heavy atom. The number of hydrogen-bond donors (Lipinski definition) is 1. The maximum Gasteiger partial charge on any atom is 0.0493 e. The van der Waals surface area contributed by atoms with Gasteiger partial charge in [-0.3, -0.25) is 0 Å². The molecule has 0 saturated heterocycles. The Balaban J connectivity index is 1.62. The average Bonchev–Trinajstić information content (AvgIpc) is 3.06. The van der Waals surface area contributed by atoms with Crippen LogP contribution in [0.4, 0.5) is 0 Å². The van der Waals surface area contributed by atoms with Crippen LogP contribution in [0, 0.1) is 34.5 Å². The first-order valence-electron chi connectivity index (χ1n) is 11.9. The van der Waals surface area contributed by atoms with Gasteiger partial charge in [0.1, 0.15) is 0 Å². The van der Waals surface area contributed by atoms with Crippen LogP contribution in [0.2, 0.25) is 0 Å². The van der Waals surface area contributed by atoms with Crippen molar-refractivity contribution in [2.45, 2.75) is 77.3 Å². The molecule has 1 N–H and O–H groups in total. The van der Waals surface area contributed by atoms with Gasteiger partial charge in [-0.25, -0.2) is 0 Å². The van der Waals surface area contributed by atoms with Crippen molar-refractivity contribution in [3.8, 4) is 0 Å². The molecule has 28 heavy (non-hydrogen) atoms. The van der Waals surface area contributed by atoms with Gasteiger partial charge in [-0.1, -0.05) is 18.6 Å². The van der Waals surface area contributed by atoms with Gasteiger partial charge in [-0.15, -0.1) is 0 Å². The smallest absolute Gasteiger partial charge is 0.0493 e. The van der Waals surface area contributed by atoms with Crippen molar-refractivity contribution < 1.29 is 5.11 Å². The molecule has 0 aromatic carbocycles. The normalized spacial score (nSPS) is 46.8. The first kappa shape index (κ1) is 20.9. The summed E-state index contributed by atoms with van der Waals surface area (Å²) in [5, 5.41) is 10.7. The highest BCUT2D eigenvalue weighted by Gasteiger charge is 2.61. The summed E-state index contributed by atoms with van der Waals surface area (Å²) < 4.78 is 0. The lowest BCUT2D eigenvalue weighted by Gasteiger charge is -2.59. The van der Waals surface area contributed by atoms with Gasteiger partial charge in [0, 0.05) is 24.1 Å². The lowest BCUT2D eigenvalue weighted by Crippen LogP contribution is -2.54. The van der Waals surface area contributed by atoms with Crippen molar-refractivity contribution in [3.63, 3.8) is 0 Å². The van der Waals surface area contributed by atoms with Crippen LogP contribution in [0.3, 0.4) is 0 Å².